The molecule has 0 unspecified atom stereocenters. The van der Waals surface area contributed by atoms with Crippen molar-refractivity contribution >= 4 is 33.4 Å². The van der Waals surface area contributed by atoms with Gasteiger partial charge in [0.25, 0.3) is 0 Å². The molecule has 0 aliphatic rings. The zero-order valence-corrected chi connectivity index (χ0v) is 11.7. The minimum atomic E-state index is 0.837. The van der Waals surface area contributed by atoms with Gasteiger partial charge in [0.15, 0.2) is 0 Å². The van der Waals surface area contributed by atoms with Gasteiger partial charge in [0.2, 0.25) is 0 Å². The van der Waals surface area contributed by atoms with Gasteiger partial charge in [-0.1, -0.05) is 22.0 Å². The highest BCUT2D eigenvalue weighted by Crippen LogP contribution is 2.28. The van der Waals surface area contributed by atoms with Crippen LogP contribution in [0, 0.1) is 0 Å². The average molecular weight is 309 g/mol. The minimum Gasteiger partial charge on any atom is -0.398 e. The Balaban J connectivity index is 1.92. The van der Waals surface area contributed by atoms with Crippen LogP contribution in [0.3, 0.4) is 0 Å². The molecule has 0 saturated carbocycles. The Morgan fingerprint density at radius 2 is 2.18 bits per heavy atom. The second-order valence-electron chi connectivity index (χ2n) is 3.64. The van der Waals surface area contributed by atoms with Gasteiger partial charge >= 0.3 is 0 Å². The summed E-state index contributed by atoms with van der Waals surface area (Å²) < 4.78 is 1.07. The molecule has 0 spiro atoms. The zero-order chi connectivity index (χ0) is 12.1. The smallest absolute Gasteiger partial charge is 0.0453 e. The molecule has 0 aliphatic carbocycles. The molecule has 2 N–H and O–H groups in total. The van der Waals surface area contributed by atoms with E-state index in [1.165, 1.54) is 5.56 Å². The van der Waals surface area contributed by atoms with Gasteiger partial charge in [-0.2, -0.15) is 0 Å². The Morgan fingerprint density at radius 1 is 1.29 bits per heavy atom. The lowest BCUT2D eigenvalue weighted by molar-refractivity contribution is 1.11. The summed E-state index contributed by atoms with van der Waals surface area (Å²) >= 11 is 5.23. The van der Waals surface area contributed by atoms with E-state index in [0.717, 1.165) is 27.2 Å². The molecule has 1 heterocycles. The highest BCUT2D eigenvalue weighted by atomic mass is 79.9. The SMILES string of the molecule is Nc1ccc(Br)cc1SCCc1cccnc1. The second kappa shape index (κ2) is 6.07. The maximum Gasteiger partial charge on any atom is 0.0453 e. The molecule has 0 aliphatic heterocycles. The lowest BCUT2D eigenvalue weighted by Gasteiger charge is -2.05. The van der Waals surface area contributed by atoms with Crippen LogP contribution >= 0.6 is 27.7 Å². The highest BCUT2D eigenvalue weighted by molar-refractivity contribution is 9.10. The molecular weight excluding hydrogens is 296 g/mol. The van der Waals surface area contributed by atoms with Gasteiger partial charge < -0.3 is 5.73 Å². The Labute approximate surface area is 114 Å². The van der Waals surface area contributed by atoms with E-state index in [4.69, 9.17) is 5.73 Å². The number of aryl methyl sites for hydroxylation is 1. The Kier molecular flexibility index (Phi) is 4.45. The molecule has 4 heteroatoms. The van der Waals surface area contributed by atoms with Crippen LogP contribution in [0.15, 0.2) is 52.1 Å². The van der Waals surface area contributed by atoms with Gasteiger partial charge in [0.1, 0.15) is 0 Å². The van der Waals surface area contributed by atoms with E-state index in [9.17, 15) is 0 Å². The van der Waals surface area contributed by atoms with Crippen molar-refractivity contribution in [2.45, 2.75) is 11.3 Å². The van der Waals surface area contributed by atoms with Gasteiger partial charge in [0, 0.05) is 33.2 Å². The third-order valence-corrected chi connectivity index (χ3v) is 3.91. The first-order valence-electron chi connectivity index (χ1n) is 5.32. The van der Waals surface area contributed by atoms with Crippen molar-refractivity contribution < 1.29 is 0 Å². The number of rotatable bonds is 4. The maximum absolute atomic E-state index is 5.91. The maximum atomic E-state index is 5.91. The van der Waals surface area contributed by atoms with Crippen LogP contribution in [-0.2, 0) is 6.42 Å². The number of nitrogens with zero attached hydrogens (tertiary/aromatic N) is 1. The van der Waals surface area contributed by atoms with Crippen LogP contribution < -0.4 is 5.73 Å². The van der Waals surface area contributed by atoms with Gasteiger partial charge in [0.05, 0.1) is 0 Å². The first-order chi connectivity index (χ1) is 8.25. The van der Waals surface area contributed by atoms with E-state index in [2.05, 4.69) is 33.0 Å². The Hall–Kier alpha value is -1.00. The first kappa shape index (κ1) is 12.5. The molecule has 0 bridgehead atoms. The van der Waals surface area contributed by atoms with Gasteiger partial charge in [-0.25, -0.2) is 0 Å². The van der Waals surface area contributed by atoms with E-state index in [0.29, 0.717) is 0 Å². The number of pyridine rings is 1. The van der Waals surface area contributed by atoms with Gasteiger partial charge in [-0.15, -0.1) is 11.8 Å². The summed E-state index contributed by atoms with van der Waals surface area (Å²) in [4.78, 5) is 5.23. The largest absolute Gasteiger partial charge is 0.398 e. The lowest BCUT2D eigenvalue weighted by Crippen LogP contribution is -1.92. The molecule has 1 aromatic heterocycles. The number of hydrogen-bond donors (Lipinski definition) is 1. The van der Waals surface area contributed by atoms with Crippen LogP contribution in [-0.4, -0.2) is 10.7 Å². The quantitative estimate of drug-likeness (QED) is 0.690. The summed E-state index contributed by atoms with van der Waals surface area (Å²) in [5.74, 6) is 1.01. The number of aromatic nitrogens is 1. The molecule has 88 valence electrons. The van der Waals surface area contributed by atoms with E-state index in [1.54, 1.807) is 18.0 Å². The Morgan fingerprint density at radius 3 is 2.94 bits per heavy atom. The standard InChI is InChI=1S/C13H13BrN2S/c14-11-3-4-12(15)13(8-11)17-7-5-10-2-1-6-16-9-10/h1-4,6,8-9H,5,7,15H2. The lowest BCUT2D eigenvalue weighted by atomic mass is 10.2. The monoisotopic (exact) mass is 308 g/mol. The molecule has 0 radical (unpaired) electrons. The number of thioether (sulfide) groups is 1. The number of nitrogens with two attached hydrogens (primary N) is 1. The number of halogens is 1. The van der Waals surface area contributed by atoms with Gasteiger partial charge in [-0.05, 0) is 36.2 Å². The third kappa shape index (κ3) is 3.75. The van der Waals surface area contributed by atoms with Crippen LogP contribution in [0.4, 0.5) is 5.69 Å². The van der Waals surface area contributed by atoms with Crippen LogP contribution in [0.2, 0.25) is 0 Å². The number of hydrogen-bond acceptors (Lipinski definition) is 3. The number of anilines is 1. The fraction of sp³-hybridized carbons (Fsp3) is 0.154. The molecule has 2 nitrogen and oxygen atoms in total. The molecule has 0 saturated heterocycles. The fourth-order valence-corrected chi connectivity index (χ4v) is 2.97. The van der Waals surface area contributed by atoms with Crippen molar-refractivity contribution in [2.75, 3.05) is 11.5 Å². The molecule has 1 aromatic carbocycles. The second-order valence-corrected chi connectivity index (χ2v) is 5.69. The summed E-state index contributed by atoms with van der Waals surface area (Å²) in [5.41, 5.74) is 8.01. The highest BCUT2D eigenvalue weighted by Gasteiger charge is 2.01. The van der Waals surface area contributed by atoms with Crippen LogP contribution in [0.1, 0.15) is 5.56 Å². The molecule has 2 rings (SSSR count). The zero-order valence-electron chi connectivity index (χ0n) is 9.27. The van der Waals surface area contributed by atoms with E-state index >= 15 is 0 Å². The molecule has 17 heavy (non-hydrogen) atoms. The Bertz CT molecular complexity index is 488. The normalized spacial score (nSPS) is 10.4. The van der Waals surface area contributed by atoms with Crippen molar-refractivity contribution in [1.82, 2.24) is 4.98 Å². The predicted octanol–water partition coefficient (Wildman–Crippen LogP) is 3.76. The summed E-state index contributed by atoms with van der Waals surface area (Å²) in [7, 11) is 0. The summed E-state index contributed by atoms with van der Waals surface area (Å²) in [6, 6.07) is 10.0. The van der Waals surface area contributed by atoms with Crippen LogP contribution in [0.25, 0.3) is 0 Å². The average Bonchev–Trinajstić information content (AvgIpc) is 2.35. The predicted molar refractivity (Wildman–Crippen MR) is 77.2 cm³/mol. The van der Waals surface area contributed by atoms with Crippen molar-refractivity contribution in [1.29, 1.82) is 0 Å². The van der Waals surface area contributed by atoms with E-state index in [1.807, 2.05) is 24.4 Å². The fourth-order valence-electron chi connectivity index (χ4n) is 1.46. The summed E-state index contributed by atoms with van der Waals surface area (Å²) in [5, 5.41) is 0. The van der Waals surface area contributed by atoms with E-state index < -0.39 is 0 Å². The number of nitrogen functional groups attached to an aromatic ring is 1. The van der Waals surface area contributed by atoms with E-state index in [-0.39, 0.29) is 0 Å². The summed E-state index contributed by atoms with van der Waals surface area (Å²) in [6.07, 6.45) is 4.71. The van der Waals surface area contributed by atoms with Crippen LogP contribution in [0.5, 0.6) is 0 Å². The number of benzene rings is 1. The van der Waals surface area contributed by atoms with Crippen molar-refractivity contribution in [3.63, 3.8) is 0 Å². The van der Waals surface area contributed by atoms with Crippen molar-refractivity contribution in [3.05, 3.63) is 52.8 Å². The minimum absolute atomic E-state index is 0.837. The molecule has 0 amide bonds. The molecular formula is C13H13BrN2S. The topological polar surface area (TPSA) is 38.9 Å². The summed E-state index contributed by atoms with van der Waals surface area (Å²) in [6.45, 7) is 0. The molecule has 2 aromatic rings. The van der Waals surface area contributed by atoms with Crippen molar-refractivity contribution in [3.8, 4) is 0 Å². The first-order valence-corrected chi connectivity index (χ1v) is 7.10. The third-order valence-electron chi connectivity index (χ3n) is 2.35. The van der Waals surface area contributed by atoms with Crippen molar-refractivity contribution in [2.24, 2.45) is 0 Å². The molecule has 0 fully saturated rings. The van der Waals surface area contributed by atoms with Gasteiger partial charge in [-0.3, -0.25) is 4.98 Å². The molecule has 0 atom stereocenters.